The van der Waals surface area contributed by atoms with Crippen molar-refractivity contribution >= 4 is 0 Å². The Labute approximate surface area is 115 Å². The second-order valence-electron chi connectivity index (χ2n) is 5.25. The molecule has 3 nitrogen and oxygen atoms in total. The van der Waals surface area contributed by atoms with Crippen LogP contribution in [-0.2, 0) is 4.74 Å². The van der Waals surface area contributed by atoms with Gasteiger partial charge in [-0.3, -0.25) is 4.90 Å². The maximum absolute atomic E-state index is 9.43. The van der Waals surface area contributed by atoms with Crippen LogP contribution in [0.2, 0.25) is 0 Å². The van der Waals surface area contributed by atoms with Crippen molar-refractivity contribution in [3.63, 3.8) is 0 Å². The predicted octanol–water partition coefficient (Wildman–Crippen LogP) is 2.79. The first-order valence-electron chi connectivity index (χ1n) is 7.04. The third-order valence-electron chi connectivity index (χ3n) is 3.83. The molecule has 1 aromatic carbocycles. The van der Waals surface area contributed by atoms with Crippen LogP contribution >= 0.6 is 0 Å². The summed E-state index contributed by atoms with van der Waals surface area (Å²) in [6.07, 6.45) is 1.33. The van der Waals surface area contributed by atoms with Gasteiger partial charge in [0.25, 0.3) is 0 Å². The Hall–Kier alpha value is -1.37. The van der Waals surface area contributed by atoms with Gasteiger partial charge in [0.1, 0.15) is 0 Å². The molecule has 0 spiro atoms. The molecule has 1 saturated heterocycles. The number of hydrogen-bond acceptors (Lipinski definition) is 3. The summed E-state index contributed by atoms with van der Waals surface area (Å²) < 4.78 is 5.71. The molecule has 0 radical (unpaired) electrons. The summed E-state index contributed by atoms with van der Waals surface area (Å²) in [6, 6.07) is 13.0. The van der Waals surface area contributed by atoms with Crippen molar-refractivity contribution in [3.8, 4) is 6.07 Å². The third kappa shape index (κ3) is 3.56. The first-order valence-corrected chi connectivity index (χ1v) is 7.04. The largest absolute Gasteiger partial charge is 0.376 e. The van der Waals surface area contributed by atoms with Gasteiger partial charge < -0.3 is 4.74 Å². The van der Waals surface area contributed by atoms with Crippen molar-refractivity contribution in [3.05, 3.63) is 35.9 Å². The first kappa shape index (κ1) is 14.0. The van der Waals surface area contributed by atoms with Gasteiger partial charge in [0.05, 0.1) is 24.7 Å². The number of nitriles is 1. The van der Waals surface area contributed by atoms with Crippen LogP contribution < -0.4 is 0 Å². The quantitative estimate of drug-likeness (QED) is 0.833. The summed E-state index contributed by atoms with van der Waals surface area (Å²) >= 11 is 0. The maximum atomic E-state index is 9.43. The van der Waals surface area contributed by atoms with Gasteiger partial charge in [-0.1, -0.05) is 37.3 Å². The molecule has 3 heteroatoms. The Kier molecular flexibility index (Phi) is 4.95. The van der Waals surface area contributed by atoms with Crippen molar-refractivity contribution in [2.75, 3.05) is 19.7 Å². The molecule has 19 heavy (non-hydrogen) atoms. The summed E-state index contributed by atoms with van der Waals surface area (Å²) in [6.45, 7) is 6.78. The van der Waals surface area contributed by atoms with E-state index in [0.29, 0.717) is 6.04 Å². The molecule has 1 aliphatic rings. The highest BCUT2D eigenvalue weighted by Gasteiger charge is 2.27. The lowest BCUT2D eigenvalue weighted by atomic mass is 9.98. The summed E-state index contributed by atoms with van der Waals surface area (Å²) in [5.41, 5.74) is 1.11. The normalized spacial score (nSPS) is 25.7. The third-order valence-corrected chi connectivity index (χ3v) is 3.83. The second-order valence-corrected chi connectivity index (χ2v) is 5.25. The van der Waals surface area contributed by atoms with Crippen LogP contribution in [0.4, 0.5) is 0 Å². The van der Waals surface area contributed by atoms with Crippen molar-refractivity contribution < 1.29 is 4.74 Å². The van der Waals surface area contributed by atoms with Crippen molar-refractivity contribution in [1.82, 2.24) is 4.90 Å². The van der Waals surface area contributed by atoms with Crippen LogP contribution in [0.25, 0.3) is 0 Å². The summed E-state index contributed by atoms with van der Waals surface area (Å²) in [5.74, 6) is -0.0550. The zero-order chi connectivity index (χ0) is 13.7. The summed E-state index contributed by atoms with van der Waals surface area (Å²) in [5, 5.41) is 9.43. The van der Waals surface area contributed by atoms with E-state index in [0.717, 1.165) is 31.7 Å². The van der Waals surface area contributed by atoms with E-state index in [-0.39, 0.29) is 12.0 Å². The lowest BCUT2D eigenvalue weighted by Crippen LogP contribution is -2.49. The topological polar surface area (TPSA) is 36.3 Å². The average Bonchev–Trinajstić information content (AvgIpc) is 2.46. The number of morpholine rings is 1. The standard InChI is InChI=1S/C16H22N2O/c1-3-16-12-19-13(2)10-18(16)11-15(9-17)14-7-5-4-6-8-14/h4-8,13,15-16H,3,10-12H2,1-2H3. The maximum Gasteiger partial charge on any atom is 0.0839 e. The molecule has 102 valence electrons. The van der Waals surface area contributed by atoms with Gasteiger partial charge in [-0.05, 0) is 18.9 Å². The monoisotopic (exact) mass is 258 g/mol. The van der Waals surface area contributed by atoms with E-state index in [9.17, 15) is 5.26 Å². The Morgan fingerprint density at radius 3 is 2.79 bits per heavy atom. The Bertz CT molecular complexity index is 426. The molecular formula is C16H22N2O. The minimum absolute atomic E-state index is 0.0550. The van der Waals surface area contributed by atoms with E-state index in [1.807, 2.05) is 30.3 Å². The Morgan fingerprint density at radius 2 is 2.16 bits per heavy atom. The van der Waals surface area contributed by atoms with Gasteiger partial charge in [0.15, 0.2) is 0 Å². The van der Waals surface area contributed by atoms with Gasteiger partial charge in [-0.15, -0.1) is 0 Å². The highest BCUT2D eigenvalue weighted by Crippen LogP contribution is 2.21. The molecule has 0 saturated carbocycles. The zero-order valence-electron chi connectivity index (χ0n) is 11.7. The van der Waals surface area contributed by atoms with Crippen molar-refractivity contribution in [1.29, 1.82) is 5.26 Å². The minimum Gasteiger partial charge on any atom is -0.376 e. The molecule has 2 rings (SSSR count). The van der Waals surface area contributed by atoms with Gasteiger partial charge in [0, 0.05) is 19.1 Å². The van der Waals surface area contributed by atoms with E-state index in [1.54, 1.807) is 0 Å². The Balaban J connectivity index is 2.07. The first-order chi connectivity index (χ1) is 9.24. The number of rotatable bonds is 4. The van der Waals surface area contributed by atoms with Crippen molar-refractivity contribution in [2.45, 2.75) is 38.3 Å². The number of nitrogens with zero attached hydrogens (tertiary/aromatic N) is 2. The molecular weight excluding hydrogens is 236 g/mol. The van der Waals surface area contributed by atoms with E-state index < -0.39 is 0 Å². The smallest absolute Gasteiger partial charge is 0.0839 e. The fourth-order valence-corrected chi connectivity index (χ4v) is 2.65. The molecule has 3 atom stereocenters. The van der Waals surface area contributed by atoms with Gasteiger partial charge in [-0.25, -0.2) is 0 Å². The van der Waals surface area contributed by atoms with Gasteiger partial charge in [-0.2, -0.15) is 5.26 Å². The van der Waals surface area contributed by atoms with Crippen LogP contribution in [0.15, 0.2) is 30.3 Å². The van der Waals surface area contributed by atoms with E-state index in [4.69, 9.17) is 4.74 Å². The summed E-state index contributed by atoms with van der Waals surface area (Å²) in [7, 11) is 0. The molecule has 1 heterocycles. The van der Waals surface area contributed by atoms with Crippen LogP contribution in [0, 0.1) is 11.3 Å². The lowest BCUT2D eigenvalue weighted by Gasteiger charge is -2.39. The predicted molar refractivity (Wildman–Crippen MR) is 75.9 cm³/mol. The fraction of sp³-hybridized carbons (Fsp3) is 0.562. The molecule has 1 aliphatic heterocycles. The minimum atomic E-state index is -0.0550. The molecule has 0 N–H and O–H groups in total. The Morgan fingerprint density at radius 1 is 1.42 bits per heavy atom. The molecule has 0 aliphatic carbocycles. The SMILES string of the molecule is CCC1COC(C)CN1CC(C#N)c1ccccc1. The van der Waals surface area contributed by atoms with Gasteiger partial charge in [0.2, 0.25) is 0 Å². The van der Waals surface area contributed by atoms with Crippen LogP contribution in [0.1, 0.15) is 31.7 Å². The zero-order valence-corrected chi connectivity index (χ0v) is 11.7. The molecule has 0 amide bonds. The van der Waals surface area contributed by atoms with Crippen molar-refractivity contribution in [2.24, 2.45) is 0 Å². The fourth-order valence-electron chi connectivity index (χ4n) is 2.65. The second kappa shape index (κ2) is 6.70. The number of ether oxygens (including phenoxy) is 1. The van der Waals surface area contributed by atoms with E-state index in [1.165, 1.54) is 0 Å². The summed E-state index contributed by atoms with van der Waals surface area (Å²) in [4.78, 5) is 2.41. The molecule has 3 unspecified atom stereocenters. The molecule has 1 aromatic rings. The highest BCUT2D eigenvalue weighted by molar-refractivity contribution is 5.25. The van der Waals surface area contributed by atoms with E-state index >= 15 is 0 Å². The number of benzene rings is 1. The van der Waals surface area contributed by atoms with Gasteiger partial charge >= 0.3 is 0 Å². The molecule has 0 aromatic heterocycles. The molecule has 1 fully saturated rings. The molecule has 0 bridgehead atoms. The van der Waals surface area contributed by atoms with Crippen LogP contribution in [0.5, 0.6) is 0 Å². The average molecular weight is 258 g/mol. The van der Waals surface area contributed by atoms with Crippen LogP contribution in [0.3, 0.4) is 0 Å². The lowest BCUT2D eigenvalue weighted by molar-refractivity contribution is -0.0562. The van der Waals surface area contributed by atoms with Crippen LogP contribution in [-0.4, -0.2) is 36.7 Å². The van der Waals surface area contributed by atoms with E-state index in [2.05, 4.69) is 24.8 Å². The number of hydrogen-bond donors (Lipinski definition) is 0. The highest BCUT2D eigenvalue weighted by atomic mass is 16.5.